The van der Waals surface area contributed by atoms with Crippen molar-refractivity contribution in [1.82, 2.24) is 10.3 Å². The molecule has 0 spiro atoms. The quantitative estimate of drug-likeness (QED) is 0.814. The van der Waals surface area contributed by atoms with Crippen LogP contribution < -0.4 is 5.32 Å². The summed E-state index contributed by atoms with van der Waals surface area (Å²) in [6.07, 6.45) is 0. The van der Waals surface area contributed by atoms with Crippen LogP contribution in [-0.4, -0.2) is 17.4 Å². The highest BCUT2D eigenvalue weighted by Gasteiger charge is 2.06. The lowest BCUT2D eigenvalue weighted by molar-refractivity contribution is 0.0949. The molecular weight excluding hydrogens is 300 g/mol. The molecule has 0 saturated carbocycles. The summed E-state index contributed by atoms with van der Waals surface area (Å²) in [5, 5.41) is 4.99. The van der Waals surface area contributed by atoms with Gasteiger partial charge < -0.3 is 5.32 Å². The molecule has 112 valence electrons. The van der Waals surface area contributed by atoms with Crippen molar-refractivity contribution in [3.63, 3.8) is 0 Å². The zero-order valence-corrected chi connectivity index (χ0v) is 14.2. The molecule has 3 nitrogen and oxygen atoms in total. The maximum absolute atomic E-state index is 11.9. The third-order valence-corrected chi connectivity index (χ3v) is 5.06. The number of carbonyl (C=O) groups is 1. The predicted molar refractivity (Wildman–Crippen MR) is 90.0 cm³/mol. The number of aromatic nitrogens is 1. The first-order valence-electron chi connectivity index (χ1n) is 6.96. The van der Waals surface area contributed by atoms with Crippen molar-refractivity contribution in [3.8, 4) is 0 Å². The Hall–Kier alpha value is -1.33. The van der Waals surface area contributed by atoms with Crippen LogP contribution in [-0.2, 0) is 5.75 Å². The van der Waals surface area contributed by atoms with Gasteiger partial charge in [-0.3, -0.25) is 4.79 Å². The maximum Gasteiger partial charge on any atom is 0.251 e. The van der Waals surface area contributed by atoms with Crippen LogP contribution >= 0.6 is 23.1 Å². The van der Waals surface area contributed by atoms with Gasteiger partial charge in [0.15, 0.2) is 0 Å². The summed E-state index contributed by atoms with van der Waals surface area (Å²) < 4.78 is 1.09. The van der Waals surface area contributed by atoms with Crippen molar-refractivity contribution in [2.75, 3.05) is 6.54 Å². The number of nitrogens with one attached hydrogen (secondary N) is 1. The highest BCUT2D eigenvalue weighted by Crippen LogP contribution is 2.26. The molecule has 2 aromatic rings. The number of nitrogens with zero attached hydrogens (tertiary/aromatic N) is 1. The van der Waals surface area contributed by atoms with Gasteiger partial charge >= 0.3 is 0 Å². The molecule has 1 amide bonds. The van der Waals surface area contributed by atoms with E-state index >= 15 is 0 Å². The number of hydrogen-bond acceptors (Lipinski definition) is 4. The number of carbonyl (C=O) groups excluding carboxylic acids is 1. The highest BCUT2D eigenvalue weighted by molar-refractivity contribution is 8.00. The second-order valence-electron chi connectivity index (χ2n) is 5.34. The van der Waals surface area contributed by atoms with Crippen LogP contribution in [0.25, 0.3) is 0 Å². The summed E-state index contributed by atoms with van der Waals surface area (Å²) in [7, 11) is 0. The van der Waals surface area contributed by atoms with E-state index in [1.165, 1.54) is 5.56 Å². The van der Waals surface area contributed by atoms with E-state index in [-0.39, 0.29) is 5.91 Å². The lowest BCUT2D eigenvalue weighted by Gasteiger charge is -2.08. The minimum absolute atomic E-state index is 0.00143. The Bertz CT molecular complexity index is 591. The van der Waals surface area contributed by atoms with Crippen LogP contribution in [0.4, 0.5) is 0 Å². The lowest BCUT2D eigenvalue weighted by Crippen LogP contribution is -2.27. The van der Waals surface area contributed by atoms with Gasteiger partial charge in [0.05, 0.1) is 0 Å². The molecule has 0 fully saturated rings. The molecule has 0 aliphatic heterocycles. The SMILES string of the molecule is Cc1csc(SCc2ccc(C(=O)NCC(C)C)cc2)n1. The van der Waals surface area contributed by atoms with Crippen LogP contribution in [0.1, 0.15) is 35.5 Å². The fraction of sp³-hybridized carbons (Fsp3) is 0.375. The predicted octanol–water partition coefficient (Wildman–Crippen LogP) is 4.13. The van der Waals surface area contributed by atoms with Crippen LogP contribution in [0.5, 0.6) is 0 Å². The molecule has 1 heterocycles. The summed E-state index contributed by atoms with van der Waals surface area (Å²) in [4.78, 5) is 16.3. The summed E-state index contributed by atoms with van der Waals surface area (Å²) in [5.41, 5.74) is 2.99. The van der Waals surface area contributed by atoms with Crippen LogP contribution in [0.15, 0.2) is 34.0 Å². The Morgan fingerprint density at radius 2 is 2.05 bits per heavy atom. The average molecular weight is 320 g/mol. The first-order valence-corrected chi connectivity index (χ1v) is 8.83. The molecule has 1 aromatic heterocycles. The zero-order chi connectivity index (χ0) is 15.2. The van der Waals surface area contributed by atoms with Gasteiger partial charge in [-0.05, 0) is 30.5 Å². The van der Waals surface area contributed by atoms with Crippen molar-refractivity contribution in [3.05, 3.63) is 46.5 Å². The Kier molecular flexibility index (Phi) is 5.82. The van der Waals surface area contributed by atoms with Crippen molar-refractivity contribution >= 4 is 29.0 Å². The van der Waals surface area contributed by atoms with Gasteiger partial charge in [-0.1, -0.05) is 37.7 Å². The third-order valence-electron chi connectivity index (χ3n) is 2.85. The molecule has 0 saturated heterocycles. The number of aryl methyl sites for hydroxylation is 1. The molecule has 1 N–H and O–H groups in total. The van der Waals surface area contributed by atoms with E-state index in [4.69, 9.17) is 0 Å². The Balaban J connectivity index is 1.88. The van der Waals surface area contributed by atoms with E-state index < -0.39 is 0 Å². The summed E-state index contributed by atoms with van der Waals surface area (Å²) in [5.74, 6) is 1.34. The number of benzene rings is 1. The van der Waals surface area contributed by atoms with E-state index in [1.54, 1.807) is 23.1 Å². The minimum Gasteiger partial charge on any atom is -0.352 e. The summed E-state index contributed by atoms with van der Waals surface area (Å²) >= 11 is 3.40. The molecule has 0 radical (unpaired) electrons. The average Bonchev–Trinajstić information content (AvgIpc) is 2.89. The molecule has 2 rings (SSSR count). The normalized spacial score (nSPS) is 10.9. The molecule has 0 bridgehead atoms. The fourth-order valence-corrected chi connectivity index (χ4v) is 3.50. The van der Waals surface area contributed by atoms with Crippen molar-refractivity contribution in [1.29, 1.82) is 0 Å². The molecular formula is C16H20N2OS2. The van der Waals surface area contributed by atoms with Gasteiger partial charge in [0.2, 0.25) is 0 Å². The smallest absolute Gasteiger partial charge is 0.251 e. The van der Waals surface area contributed by atoms with E-state index in [0.29, 0.717) is 12.5 Å². The van der Waals surface area contributed by atoms with E-state index in [2.05, 4.69) is 29.5 Å². The van der Waals surface area contributed by atoms with Gasteiger partial charge in [-0.2, -0.15) is 0 Å². The molecule has 0 aliphatic carbocycles. The highest BCUT2D eigenvalue weighted by atomic mass is 32.2. The summed E-state index contributed by atoms with van der Waals surface area (Å²) in [6, 6.07) is 7.80. The van der Waals surface area contributed by atoms with E-state index in [9.17, 15) is 4.79 Å². The summed E-state index contributed by atoms with van der Waals surface area (Å²) in [6.45, 7) is 6.88. The second kappa shape index (κ2) is 7.61. The maximum atomic E-state index is 11.9. The number of hydrogen-bond donors (Lipinski definition) is 1. The number of rotatable bonds is 6. The molecule has 5 heteroatoms. The van der Waals surface area contributed by atoms with Crippen LogP contribution in [0.3, 0.4) is 0 Å². The van der Waals surface area contributed by atoms with Gasteiger partial charge in [-0.25, -0.2) is 4.98 Å². The molecule has 0 unspecified atom stereocenters. The molecule has 21 heavy (non-hydrogen) atoms. The second-order valence-corrected chi connectivity index (χ2v) is 7.42. The van der Waals surface area contributed by atoms with Crippen molar-refractivity contribution in [2.45, 2.75) is 30.9 Å². The van der Waals surface area contributed by atoms with Gasteiger partial charge in [0.25, 0.3) is 5.91 Å². The number of thioether (sulfide) groups is 1. The van der Waals surface area contributed by atoms with Gasteiger partial charge in [0, 0.05) is 28.9 Å². The molecule has 0 atom stereocenters. The van der Waals surface area contributed by atoms with Crippen LogP contribution in [0, 0.1) is 12.8 Å². The van der Waals surface area contributed by atoms with Crippen LogP contribution in [0.2, 0.25) is 0 Å². The third kappa shape index (κ3) is 5.17. The largest absolute Gasteiger partial charge is 0.352 e. The monoisotopic (exact) mass is 320 g/mol. The van der Waals surface area contributed by atoms with Gasteiger partial charge in [0.1, 0.15) is 4.34 Å². The Morgan fingerprint density at radius 3 is 2.62 bits per heavy atom. The first kappa shape index (κ1) is 16.0. The minimum atomic E-state index is -0.00143. The number of thiazole rings is 1. The zero-order valence-electron chi connectivity index (χ0n) is 12.6. The standard InChI is InChI=1S/C16H20N2OS2/c1-11(2)8-17-15(19)14-6-4-13(5-7-14)10-21-16-18-12(3)9-20-16/h4-7,9,11H,8,10H2,1-3H3,(H,17,19). The topological polar surface area (TPSA) is 42.0 Å². The number of amides is 1. The first-order chi connectivity index (χ1) is 10.0. The van der Waals surface area contributed by atoms with E-state index in [0.717, 1.165) is 21.3 Å². The Labute approximate surface area is 134 Å². The molecule has 1 aromatic carbocycles. The van der Waals surface area contributed by atoms with E-state index in [1.807, 2.05) is 31.2 Å². The van der Waals surface area contributed by atoms with Gasteiger partial charge in [-0.15, -0.1) is 11.3 Å². The lowest BCUT2D eigenvalue weighted by atomic mass is 10.1. The Morgan fingerprint density at radius 1 is 1.33 bits per heavy atom. The van der Waals surface area contributed by atoms with Crippen molar-refractivity contribution in [2.24, 2.45) is 5.92 Å². The fourth-order valence-electron chi connectivity index (χ4n) is 1.69. The molecule has 0 aliphatic rings. The van der Waals surface area contributed by atoms with Crippen molar-refractivity contribution < 1.29 is 4.79 Å².